The molecule has 4 nitrogen and oxygen atoms in total. The third-order valence-corrected chi connectivity index (χ3v) is 3.01. The maximum absolute atomic E-state index is 12.1. The van der Waals surface area contributed by atoms with Crippen molar-refractivity contribution in [1.82, 2.24) is 10.3 Å². The first-order valence-electron chi connectivity index (χ1n) is 6.13. The Hall–Kier alpha value is -2.36. The summed E-state index contributed by atoms with van der Waals surface area (Å²) in [5, 5.41) is 2.85. The highest BCUT2D eigenvalue weighted by Gasteiger charge is 2.10. The molecule has 2 rings (SSSR count). The average Bonchev–Trinajstić information content (AvgIpc) is 2.41. The summed E-state index contributed by atoms with van der Waals surface area (Å²) in [7, 11) is 0. The SMILES string of the molecule is Cc1cc(C)c(C(=O)NCc2ccccn2)cc1N. The monoisotopic (exact) mass is 255 g/mol. The van der Waals surface area contributed by atoms with E-state index in [9.17, 15) is 4.79 Å². The molecule has 98 valence electrons. The second-order valence-electron chi connectivity index (χ2n) is 4.53. The molecule has 2 aromatic rings. The third kappa shape index (κ3) is 3.10. The topological polar surface area (TPSA) is 68.0 Å². The maximum Gasteiger partial charge on any atom is 0.251 e. The lowest BCUT2D eigenvalue weighted by Gasteiger charge is -2.10. The van der Waals surface area contributed by atoms with E-state index in [-0.39, 0.29) is 5.91 Å². The Morgan fingerprint density at radius 1 is 1.26 bits per heavy atom. The maximum atomic E-state index is 12.1. The number of aryl methyl sites for hydroxylation is 2. The van der Waals surface area contributed by atoms with E-state index in [1.807, 2.05) is 38.1 Å². The van der Waals surface area contributed by atoms with Crippen LogP contribution in [-0.4, -0.2) is 10.9 Å². The zero-order valence-electron chi connectivity index (χ0n) is 11.1. The minimum atomic E-state index is -0.130. The Morgan fingerprint density at radius 2 is 2.05 bits per heavy atom. The van der Waals surface area contributed by atoms with Crippen LogP contribution in [0, 0.1) is 13.8 Å². The molecule has 0 saturated heterocycles. The number of nitrogens with zero attached hydrogens (tertiary/aromatic N) is 1. The molecule has 0 aliphatic rings. The molecule has 1 amide bonds. The molecule has 0 aliphatic carbocycles. The van der Waals surface area contributed by atoms with E-state index in [1.54, 1.807) is 12.3 Å². The molecule has 19 heavy (non-hydrogen) atoms. The Labute approximate surface area is 112 Å². The molecular weight excluding hydrogens is 238 g/mol. The average molecular weight is 255 g/mol. The molecule has 1 aromatic carbocycles. The molecule has 0 spiro atoms. The Morgan fingerprint density at radius 3 is 2.74 bits per heavy atom. The van der Waals surface area contributed by atoms with Crippen molar-refractivity contribution in [3.05, 3.63) is 58.9 Å². The first-order valence-corrected chi connectivity index (χ1v) is 6.13. The number of rotatable bonds is 3. The molecule has 1 aromatic heterocycles. The van der Waals surface area contributed by atoms with Crippen molar-refractivity contribution in [1.29, 1.82) is 0 Å². The van der Waals surface area contributed by atoms with Crippen LogP contribution in [0.25, 0.3) is 0 Å². The molecule has 3 N–H and O–H groups in total. The van der Waals surface area contributed by atoms with E-state index >= 15 is 0 Å². The fourth-order valence-corrected chi connectivity index (χ4v) is 1.88. The van der Waals surface area contributed by atoms with E-state index < -0.39 is 0 Å². The summed E-state index contributed by atoms with van der Waals surface area (Å²) in [6.45, 7) is 4.24. The summed E-state index contributed by atoms with van der Waals surface area (Å²) in [6.07, 6.45) is 1.70. The predicted octanol–water partition coefficient (Wildman–Crippen LogP) is 2.21. The van der Waals surface area contributed by atoms with Gasteiger partial charge in [0.2, 0.25) is 0 Å². The van der Waals surface area contributed by atoms with E-state index in [0.29, 0.717) is 17.8 Å². The zero-order chi connectivity index (χ0) is 13.8. The van der Waals surface area contributed by atoms with Gasteiger partial charge in [0.15, 0.2) is 0 Å². The first kappa shape index (κ1) is 13.1. The number of aromatic nitrogens is 1. The lowest BCUT2D eigenvalue weighted by atomic mass is 10.0. The van der Waals surface area contributed by atoms with Crippen LogP contribution in [0.2, 0.25) is 0 Å². The van der Waals surface area contributed by atoms with Gasteiger partial charge in [-0.05, 0) is 43.2 Å². The number of nitrogens with one attached hydrogen (secondary N) is 1. The van der Waals surface area contributed by atoms with E-state index in [4.69, 9.17) is 5.73 Å². The molecular formula is C15H17N3O. The number of amides is 1. The van der Waals surface area contributed by atoms with Crippen molar-refractivity contribution in [3.8, 4) is 0 Å². The number of anilines is 1. The van der Waals surface area contributed by atoms with Gasteiger partial charge in [-0.15, -0.1) is 0 Å². The lowest BCUT2D eigenvalue weighted by Crippen LogP contribution is -2.24. The van der Waals surface area contributed by atoms with Gasteiger partial charge in [-0.2, -0.15) is 0 Å². The lowest BCUT2D eigenvalue weighted by molar-refractivity contribution is 0.0950. The van der Waals surface area contributed by atoms with Gasteiger partial charge in [-0.3, -0.25) is 9.78 Å². The minimum absolute atomic E-state index is 0.130. The standard InChI is InChI=1S/C15H17N3O/c1-10-7-11(2)14(16)8-13(10)15(19)18-9-12-5-3-4-6-17-12/h3-8H,9,16H2,1-2H3,(H,18,19). The van der Waals surface area contributed by atoms with Crippen LogP contribution in [0.15, 0.2) is 36.5 Å². The van der Waals surface area contributed by atoms with E-state index in [2.05, 4.69) is 10.3 Å². The number of nitrogen functional groups attached to an aromatic ring is 1. The molecule has 0 atom stereocenters. The molecule has 4 heteroatoms. The number of nitrogens with two attached hydrogens (primary N) is 1. The largest absolute Gasteiger partial charge is 0.398 e. The summed E-state index contributed by atoms with van der Waals surface area (Å²) in [5.74, 6) is -0.130. The summed E-state index contributed by atoms with van der Waals surface area (Å²) in [4.78, 5) is 16.3. The van der Waals surface area contributed by atoms with Gasteiger partial charge in [0.1, 0.15) is 0 Å². The quantitative estimate of drug-likeness (QED) is 0.826. The van der Waals surface area contributed by atoms with Crippen molar-refractivity contribution in [3.63, 3.8) is 0 Å². The van der Waals surface area contributed by atoms with Gasteiger partial charge in [0, 0.05) is 17.4 Å². The van der Waals surface area contributed by atoms with Gasteiger partial charge in [-0.1, -0.05) is 12.1 Å². The molecule has 0 bridgehead atoms. The zero-order valence-corrected chi connectivity index (χ0v) is 11.1. The molecule has 0 fully saturated rings. The summed E-state index contributed by atoms with van der Waals surface area (Å²) in [5.41, 5.74) is 9.82. The second-order valence-corrected chi connectivity index (χ2v) is 4.53. The molecule has 0 saturated carbocycles. The van der Waals surface area contributed by atoms with Crippen LogP contribution in [0.3, 0.4) is 0 Å². The Balaban J connectivity index is 2.10. The number of pyridine rings is 1. The molecule has 0 radical (unpaired) electrons. The van der Waals surface area contributed by atoms with Crippen LogP contribution in [-0.2, 0) is 6.54 Å². The smallest absolute Gasteiger partial charge is 0.251 e. The van der Waals surface area contributed by atoms with Crippen molar-refractivity contribution in [2.24, 2.45) is 0 Å². The summed E-state index contributed by atoms with van der Waals surface area (Å²) >= 11 is 0. The van der Waals surface area contributed by atoms with Gasteiger partial charge in [0.05, 0.1) is 12.2 Å². The fraction of sp³-hybridized carbons (Fsp3) is 0.200. The van der Waals surface area contributed by atoms with Crippen LogP contribution >= 0.6 is 0 Å². The van der Waals surface area contributed by atoms with Crippen LogP contribution in [0.4, 0.5) is 5.69 Å². The first-order chi connectivity index (χ1) is 9.08. The number of benzene rings is 1. The van der Waals surface area contributed by atoms with Crippen molar-refractivity contribution in [2.45, 2.75) is 20.4 Å². The highest BCUT2D eigenvalue weighted by Crippen LogP contribution is 2.17. The highest BCUT2D eigenvalue weighted by atomic mass is 16.1. The highest BCUT2D eigenvalue weighted by molar-refractivity contribution is 5.96. The van der Waals surface area contributed by atoms with Crippen molar-refractivity contribution in [2.75, 3.05) is 5.73 Å². The predicted molar refractivity (Wildman–Crippen MR) is 75.7 cm³/mol. The minimum Gasteiger partial charge on any atom is -0.398 e. The summed E-state index contributed by atoms with van der Waals surface area (Å²) < 4.78 is 0. The number of hydrogen-bond donors (Lipinski definition) is 2. The molecule has 1 heterocycles. The van der Waals surface area contributed by atoms with E-state index in [1.165, 1.54) is 0 Å². The fourth-order valence-electron chi connectivity index (χ4n) is 1.88. The van der Waals surface area contributed by atoms with Crippen molar-refractivity contribution >= 4 is 11.6 Å². The van der Waals surface area contributed by atoms with Crippen molar-refractivity contribution < 1.29 is 4.79 Å². The summed E-state index contributed by atoms with van der Waals surface area (Å²) in [6, 6.07) is 9.25. The molecule has 0 aliphatic heterocycles. The normalized spacial score (nSPS) is 10.2. The Kier molecular flexibility index (Phi) is 3.80. The number of carbonyl (C=O) groups excluding carboxylic acids is 1. The number of hydrogen-bond acceptors (Lipinski definition) is 3. The number of carbonyl (C=O) groups is 1. The van der Waals surface area contributed by atoms with Gasteiger partial charge in [-0.25, -0.2) is 0 Å². The van der Waals surface area contributed by atoms with Gasteiger partial charge in [0.25, 0.3) is 5.91 Å². The Bertz CT molecular complexity index is 594. The third-order valence-electron chi connectivity index (χ3n) is 3.01. The molecule has 0 unspecified atom stereocenters. The second kappa shape index (κ2) is 5.52. The van der Waals surface area contributed by atoms with Gasteiger partial charge >= 0.3 is 0 Å². The van der Waals surface area contributed by atoms with Crippen LogP contribution in [0.5, 0.6) is 0 Å². The van der Waals surface area contributed by atoms with Crippen LogP contribution in [0.1, 0.15) is 27.2 Å². The van der Waals surface area contributed by atoms with E-state index in [0.717, 1.165) is 16.8 Å². The van der Waals surface area contributed by atoms with Gasteiger partial charge < -0.3 is 11.1 Å². The van der Waals surface area contributed by atoms with Crippen LogP contribution < -0.4 is 11.1 Å².